The zero-order valence-electron chi connectivity index (χ0n) is 10.2. The maximum atomic E-state index is 11.2. The topological polar surface area (TPSA) is 58.6 Å². The highest BCUT2D eigenvalue weighted by molar-refractivity contribution is 7.52. The van der Waals surface area contributed by atoms with Gasteiger partial charge in [-0.2, -0.15) is 0 Å². The van der Waals surface area contributed by atoms with Crippen molar-refractivity contribution in [3.05, 3.63) is 0 Å². The fourth-order valence-electron chi connectivity index (χ4n) is 2.14. The third-order valence-electron chi connectivity index (χ3n) is 3.19. The molecule has 5 heteroatoms. The van der Waals surface area contributed by atoms with E-state index in [-0.39, 0.29) is 6.16 Å². The summed E-state index contributed by atoms with van der Waals surface area (Å²) in [6.07, 6.45) is 8.61. The number of rotatable bonds is 7. The van der Waals surface area contributed by atoms with Gasteiger partial charge in [-0.25, -0.2) is 0 Å². The van der Waals surface area contributed by atoms with E-state index in [0.29, 0.717) is 6.04 Å². The highest BCUT2D eigenvalue weighted by Gasteiger charge is 2.16. The minimum atomic E-state index is -3.27. The number of hydrogen-bond acceptors (Lipinski definition) is 3. The van der Waals surface area contributed by atoms with E-state index in [9.17, 15) is 9.46 Å². The van der Waals surface area contributed by atoms with E-state index < -0.39 is 7.60 Å². The molecule has 0 aromatic carbocycles. The summed E-state index contributed by atoms with van der Waals surface area (Å²) in [7, 11) is -1.98. The van der Waals surface area contributed by atoms with Crippen LogP contribution in [0.25, 0.3) is 0 Å². The SMILES string of the molecule is COP(=O)(O)CCCCNC1CCCCC1. The number of nitrogens with one attached hydrogen (secondary N) is 1. The van der Waals surface area contributed by atoms with Crippen molar-refractivity contribution in [2.24, 2.45) is 0 Å². The molecule has 2 N–H and O–H groups in total. The van der Waals surface area contributed by atoms with Crippen LogP contribution in [0.1, 0.15) is 44.9 Å². The van der Waals surface area contributed by atoms with Gasteiger partial charge in [0.2, 0.25) is 0 Å². The van der Waals surface area contributed by atoms with Crippen LogP contribution in [0, 0.1) is 0 Å². The lowest BCUT2D eigenvalue weighted by atomic mass is 9.95. The molecule has 0 saturated heterocycles. The fourth-order valence-corrected chi connectivity index (χ4v) is 2.95. The van der Waals surface area contributed by atoms with E-state index in [2.05, 4.69) is 9.84 Å². The van der Waals surface area contributed by atoms with Crippen LogP contribution in [0.2, 0.25) is 0 Å². The predicted molar refractivity (Wildman–Crippen MR) is 65.8 cm³/mol. The largest absolute Gasteiger partial charge is 0.327 e. The zero-order chi connectivity index (χ0) is 11.9. The Morgan fingerprint density at radius 2 is 2.00 bits per heavy atom. The van der Waals surface area contributed by atoms with E-state index in [1.165, 1.54) is 39.2 Å². The second-order valence-corrected chi connectivity index (χ2v) is 6.63. The third kappa shape index (κ3) is 6.00. The smallest absolute Gasteiger partial charge is 0.324 e. The Morgan fingerprint density at radius 3 is 2.62 bits per heavy atom. The maximum absolute atomic E-state index is 11.2. The van der Waals surface area contributed by atoms with Crippen LogP contribution in [0.4, 0.5) is 0 Å². The van der Waals surface area contributed by atoms with Crippen molar-refractivity contribution in [1.29, 1.82) is 0 Å². The first kappa shape index (κ1) is 14.2. The Bertz CT molecular complexity index is 229. The van der Waals surface area contributed by atoms with Crippen molar-refractivity contribution in [3.8, 4) is 0 Å². The summed E-state index contributed by atoms with van der Waals surface area (Å²) < 4.78 is 15.7. The molecular weight excluding hydrogens is 225 g/mol. The van der Waals surface area contributed by atoms with Gasteiger partial charge in [0.15, 0.2) is 0 Å². The quantitative estimate of drug-likeness (QED) is 0.537. The van der Waals surface area contributed by atoms with Crippen molar-refractivity contribution in [1.82, 2.24) is 5.32 Å². The second kappa shape index (κ2) is 7.44. The van der Waals surface area contributed by atoms with Gasteiger partial charge in [-0.15, -0.1) is 0 Å². The van der Waals surface area contributed by atoms with E-state index in [1.54, 1.807) is 0 Å². The van der Waals surface area contributed by atoms with Crippen LogP contribution >= 0.6 is 7.60 Å². The molecule has 0 aliphatic heterocycles. The molecule has 0 bridgehead atoms. The zero-order valence-corrected chi connectivity index (χ0v) is 11.0. The molecule has 96 valence electrons. The van der Waals surface area contributed by atoms with E-state index in [0.717, 1.165) is 19.4 Å². The third-order valence-corrected chi connectivity index (χ3v) is 4.64. The Hall–Kier alpha value is 0.110. The Morgan fingerprint density at radius 1 is 1.31 bits per heavy atom. The Balaban J connectivity index is 1.97. The van der Waals surface area contributed by atoms with Crippen LogP contribution < -0.4 is 5.32 Å². The van der Waals surface area contributed by atoms with Crippen LogP contribution in [-0.2, 0) is 9.09 Å². The lowest BCUT2D eigenvalue weighted by Gasteiger charge is -2.22. The normalized spacial score (nSPS) is 21.9. The van der Waals surface area contributed by atoms with Gasteiger partial charge in [0.1, 0.15) is 0 Å². The fraction of sp³-hybridized carbons (Fsp3) is 1.00. The van der Waals surface area contributed by atoms with Crippen molar-refractivity contribution in [2.75, 3.05) is 19.8 Å². The van der Waals surface area contributed by atoms with Gasteiger partial charge in [0.25, 0.3) is 0 Å². The summed E-state index contributed by atoms with van der Waals surface area (Å²) in [4.78, 5) is 9.18. The van der Waals surface area contributed by atoms with Gasteiger partial charge < -0.3 is 14.7 Å². The van der Waals surface area contributed by atoms with E-state index in [4.69, 9.17) is 0 Å². The molecule has 1 unspecified atom stereocenters. The lowest BCUT2D eigenvalue weighted by Crippen LogP contribution is -2.31. The van der Waals surface area contributed by atoms with Crippen LogP contribution in [-0.4, -0.2) is 30.8 Å². The second-order valence-electron chi connectivity index (χ2n) is 4.54. The van der Waals surface area contributed by atoms with E-state index in [1.807, 2.05) is 0 Å². The first-order valence-electron chi connectivity index (χ1n) is 6.25. The van der Waals surface area contributed by atoms with Gasteiger partial charge in [-0.3, -0.25) is 4.57 Å². The van der Waals surface area contributed by atoms with Crippen molar-refractivity contribution in [3.63, 3.8) is 0 Å². The lowest BCUT2D eigenvalue weighted by molar-refractivity contribution is 0.314. The van der Waals surface area contributed by atoms with Gasteiger partial charge in [-0.1, -0.05) is 19.3 Å². The van der Waals surface area contributed by atoms with Gasteiger partial charge in [0.05, 0.1) is 6.16 Å². The Kier molecular flexibility index (Phi) is 6.59. The average Bonchev–Trinajstić information content (AvgIpc) is 2.30. The summed E-state index contributed by atoms with van der Waals surface area (Å²) in [5.74, 6) is 0. The average molecular weight is 249 g/mol. The standard InChI is InChI=1S/C11H24NO3P/c1-15-16(13,14)10-6-5-9-12-11-7-3-2-4-8-11/h11-12H,2-10H2,1H3,(H,13,14). The molecule has 0 aromatic rings. The molecule has 16 heavy (non-hydrogen) atoms. The number of hydrogen-bond donors (Lipinski definition) is 2. The molecule has 1 aliphatic carbocycles. The molecule has 0 amide bonds. The minimum Gasteiger partial charge on any atom is -0.324 e. The molecule has 1 atom stereocenters. The minimum absolute atomic E-state index is 0.274. The van der Waals surface area contributed by atoms with Crippen LogP contribution in [0.3, 0.4) is 0 Å². The molecule has 1 rings (SSSR count). The van der Waals surface area contributed by atoms with Crippen molar-refractivity contribution in [2.45, 2.75) is 51.0 Å². The van der Waals surface area contributed by atoms with Crippen molar-refractivity contribution >= 4 is 7.60 Å². The molecule has 0 heterocycles. The van der Waals surface area contributed by atoms with E-state index >= 15 is 0 Å². The summed E-state index contributed by atoms with van der Waals surface area (Å²) in [6.45, 7) is 0.953. The van der Waals surface area contributed by atoms with Gasteiger partial charge in [-0.05, 0) is 32.2 Å². The highest BCUT2D eigenvalue weighted by atomic mass is 31.2. The van der Waals surface area contributed by atoms with Crippen LogP contribution in [0.5, 0.6) is 0 Å². The van der Waals surface area contributed by atoms with Crippen molar-refractivity contribution < 1.29 is 14.0 Å². The molecule has 0 spiro atoms. The van der Waals surface area contributed by atoms with Gasteiger partial charge in [0, 0.05) is 13.2 Å². The summed E-state index contributed by atoms with van der Waals surface area (Å²) in [5.41, 5.74) is 0. The van der Waals surface area contributed by atoms with Gasteiger partial charge >= 0.3 is 7.60 Å². The Labute approximate surface area is 98.3 Å². The molecular formula is C11H24NO3P. The first-order valence-corrected chi connectivity index (χ1v) is 8.01. The maximum Gasteiger partial charge on any atom is 0.327 e. The monoisotopic (exact) mass is 249 g/mol. The highest BCUT2D eigenvalue weighted by Crippen LogP contribution is 2.41. The summed E-state index contributed by atoms with van der Waals surface area (Å²) >= 11 is 0. The first-order chi connectivity index (χ1) is 7.64. The molecule has 0 aromatic heterocycles. The molecule has 0 radical (unpaired) electrons. The predicted octanol–water partition coefficient (Wildman–Crippen LogP) is 2.52. The molecule has 1 aliphatic rings. The molecule has 1 saturated carbocycles. The molecule has 4 nitrogen and oxygen atoms in total. The molecule has 1 fully saturated rings. The number of unbranched alkanes of at least 4 members (excludes halogenated alkanes) is 1. The summed E-state index contributed by atoms with van der Waals surface area (Å²) in [6, 6.07) is 0.678. The summed E-state index contributed by atoms with van der Waals surface area (Å²) in [5, 5.41) is 3.51. The van der Waals surface area contributed by atoms with Crippen LogP contribution in [0.15, 0.2) is 0 Å².